The topological polar surface area (TPSA) is 89.9 Å². The Morgan fingerprint density at radius 3 is 2.89 bits per heavy atom. The van der Waals surface area contributed by atoms with E-state index in [2.05, 4.69) is 20.5 Å². The molecular weight excluding hydrogens is 234 g/mol. The molecular formula is C11H15N5O2. The van der Waals surface area contributed by atoms with E-state index >= 15 is 0 Å². The van der Waals surface area contributed by atoms with Gasteiger partial charge in [0.2, 0.25) is 5.89 Å². The minimum Gasteiger partial charge on any atom is -0.384 e. The average molecular weight is 249 g/mol. The summed E-state index contributed by atoms with van der Waals surface area (Å²) >= 11 is 0. The SMILES string of the molecule is CC(C)(O)c1cn(Cc2nc(C3CC3)no2)nn1. The summed E-state index contributed by atoms with van der Waals surface area (Å²) in [5, 5.41) is 21.6. The minimum absolute atomic E-state index is 0.378. The lowest BCUT2D eigenvalue weighted by Gasteiger charge is -2.11. The highest BCUT2D eigenvalue weighted by atomic mass is 16.5. The molecule has 18 heavy (non-hydrogen) atoms. The molecule has 0 radical (unpaired) electrons. The van der Waals surface area contributed by atoms with E-state index in [1.165, 1.54) is 0 Å². The number of aliphatic hydroxyl groups is 1. The van der Waals surface area contributed by atoms with Gasteiger partial charge in [0.25, 0.3) is 0 Å². The van der Waals surface area contributed by atoms with Crippen LogP contribution in [-0.2, 0) is 12.1 Å². The number of hydrogen-bond acceptors (Lipinski definition) is 6. The van der Waals surface area contributed by atoms with Gasteiger partial charge in [-0.05, 0) is 26.7 Å². The molecule has 3 rings (SSSR count). The van der Waals surface area contributed by atoms with E-state index in [0.29, 0.717) is 24.0 Å². The molecule has 1 aliphatic carbocycles. The van der Waals surface area contributed by atoms with Crippen LogP contribution in [0.15, 0.2) is 10.7 Å². The standard InChI is InChI=1S/C11H15N5O2/c1-11(2,17)8-5-16(15-13-8)6-9-12-10(14-18-9)7-3-4-7/h5,7,17H,3-4,6H2,1-2H3. The Bertz CT molecular complexity index is 550. The molecule has 0 aliphatic heterocycles. The third-order valence-corrected chi connectivity index (χ3v) is 2.89. The number of hydrogen-bond donors (Lipinski definition) is 1. The molecule has 1 N–H and O–H groups in total. The first-order valence-electron chi connectivity index (χ1n) is 5.98. The summed E-state index contributed by atoms with van der Waals surface area (Å²) in [6.07, 6.45) is 3.97. The molecule has 2 aromatic heterocycles. The van der Waals surface area contributed by atoms with Crippen LogP contribution in [0.3, 0.4) is 0 Å². The fraction of sp³-hybridized carbons (Fsp3) is 0.636. The summed E-state index contributed by atoms with van der Waals surface area (Å²) in [5.74, 6) is 1.78. The fourth-order valence-corrected chi connectivity index (χ4v) is 1.63. The molecule has 0 amide bonds. The van der Waals surface area contributed by atoms with Crippen LogP contribution in [0.25, 0.3) is 0 Å². The molecule has 1 aliphatic rings. The van der Waals surface area contributed by atoms with Gasteiger partial charge in [-0.3, -0.25) is 0 Å². The first kappa shape index (κ1) is 11.3. The Morgan fingerprint density at radius 2 is 2.28 bits per heavy atom. The molecule has 0 spiro atoms. The van der Waals surface area contributed by atoms with Crippen LogP contribution in [-0.4, -0.2) is 30.2 Å². The summed E-state index contributed by atoms with van der Waals surface area (Å²) in [7, 11) is 0. The van der Waals surface area contributed by atoms with E-state index in [1.54, 1.807) is 24.7 Å². The van der Waals surface area contributed by atoms with Gasteiger partial charge < -0.3 is 9.63 Å². The van der Waals surface area contributed by atoms with Crippen LogP contribution in [0, 0.1) is 0 Å². The lowest BCUT2D eigenvalue weighted by molar-refractivity contribution is 0.0737. The normalized spacial score (nSPS) is 16.2. The highest BCUT2D eigenvalue weighted by Gasteiger charge is 2.29. The highest BCUT2D eigenvalue weighted by Crippen LogP contribution is 2.38. The zero-order chi connectivity index (χ0) is 12.8. The first-order valence-corrected chi connectivity index (χ1v) is 5.98. The number of aromatic nitrogens is 5. The van der Waals surface area contributed by atoms with Gasteiger partial charge >= 0.3 is 0 Å². The number of rotatable bonds is 4. The van der Waals surface area contributed by atoms with Crippen molar-refractivity contribution in [3.05, 3.63) is 23.6 Å². The van der Waals surface area contributed by atoms with Crippen molar-refractivity contribution >= 4 is 0 Å². The second-order valence-corrected chi connectivity index (χ2v) is 5.18. The second kappa shape index (κ2) is 3.88. The summed E-state index contributed by atoms with van der Waals surface area (Å²) < 4.78 is 6.73. The van der Waals surface area contributed by atoms with E-state index in [0.717, 1.165) is 18.7 Å². The van der Waals surface area contributed by atoms with E-state index in [9.17, 15) is 5.11 Å². The Kier molecular flexibility index (Phi) is 2.44. The molecule has 7 heteroatoms. The predicted octanol–water partition coefficient (Wildman–Crippen LogP) is 0.814. The van der Waals surface area contributed by atoms with E-state index in [1.807, 2.05) is 0 Å². The summed E-state index contributed by atoms with van der Waals surface area (Å²) in [4.78, 5) is 4.31. The molecule has 1 saturated carbocycles. The molecule has 7 nitrogen and oxygen atoms in total. The van der Waals surface area contributed by atoms with Gasteiger partial charge in [-0.25, -0.2) is 4.68 Å². The van der Waals surface area contributed by atoms with Crippen molar-refractivity contribution in [3.8, 4) is 0 Å². The van der Waals surface area contributed by atoms with Gasteiger partial charge in [0.15, 0.2) is 5.82 Å². The largest absolute Gasteiger partial charge is 0.384 e. The molecule has 0 atom stereocenters. The summed E-state index contributed by atoms with van der Waals surface area (Å²) in [6, 6.07) is 0. The molecule has 0 aromatic carbocycles. The highest BCUT2D eigenvalue weighted by molar-refractivity contribution is 5.05. The van der Waals surface area contributed by atoms with Crippen molar-refractivity contribution in [2.45, 2.75) is 44.8 Å². The maximum atomic E-state index is 9.79. The van der Waals surface area contributed by atoms with E-state index in [4.69, 9.17) is 4.52 Å². The zero-order valence-electron chi connectivity index (χ0n) is 10.4. The zero-order valence-corrected chi connectivity index (χ0v) is 10.4. The van der Waals surface area contributed by atoms with Crippen LogP contribution in [0.2, 0.25) is 0 Å². The van der Waals surface area contributed by atoms with Crippen molar-refractivity contribution in [2.24, 2.45) is 0 Å². The Labute approximate surface area is 104 Å². The van der Waals surface area contributed by atoms with E-state index in [-0.39, 0.29) is 0 Å². The smallest absolute Gasteiger partial charge is 0.248 e. The van der Waals surface area contributed by atoms with Crippen LogP contribution < -0.4 is 0 Å². The van der Waals surface area contributed by atoms with Gasteiger partial charge in [-0.2, -0.15) is 4.98 Å². The van der Waals surface area contributed by atoms with Gasteiger partial charge in [-0.1, -0.05) is 10.4 Å². The van der Waals surface area contributed by atoms with Crippen LogP contribution in [0.1, 0.15) is 50.0 Å². The maximum Gasteiger partial charge on any atom is 0.248 e. The van der Waals surface area contributed by atoms with Crippen LogP contribution >= 0.6 is 0 Å². The lowest BCUT2D eigenvalue weighted by atomic mass is 10.1. The van der Waals surface area contributed by atoms with Crippen molar-refractivity contribution in [1.29, 1.82) is 0 Å². The third kappa shape index (κ3) is 2.26. The van der Waals surface area contributed by atoms with Gasteiger partial charge in [0.05, 0.1) is 6.20 Å². The van der Waals surface area contributed by atoms with Crippen molar-refractivity contribution < 1.29 is 9.63 Å². The van der Waals surface area contributed by atoms with Crippen molar-refractivity contribution in [2.75, 3.05) is 0 Å². The van der Waals surface area contributed by atoms with Gasteiger partial charge in [0.1, 0.15) is 17.8 Å². The summed E-state index contributed by atoms with van der Waals surface area (Å²) in [5.41, 5.74) is -0.476. The average Bonchev–Trinajstić information content (AvgIpc) is 2.85. The van der Waals surface area contributed by atoms with Gasteiger partial charge in [0, 0.05) is 5.92 Å². The van der Waals surface area contributed by atoms with E-state index < -0.39 is 5.60 Å². The predicted molar refractivity (Wildman–Crippen MR) is 60.6 cm³/mol. The number of nitrogens with zero attached hydrogens (tertiary/aromatic N) is 5. The molecule has 96 valence electrons. The van der Waals surface area contributed by atoms with Crippen LogP contribution in [0.4, 0.5) is 0 Å². The van der Waals surface area contributed by atoms with Crippen LogP contribution in [0.5, 0.6) is 0 Å². The lowest BCUT2D eigenvalue weighted by Crippen LogP contribution is -2.15. The molecule has 2 heterocycles. The Hall–Kier alpha value is -1.76. The van der Waals surface area contributed by atoms with Crippen molar-refractivity contribution in [3.63, 3.8) is 0 Å². The quantitative estimate of drug-likeness (QED) is 0.862. The Balaban J connectivity index is 1.73. The second-order valence-electron chi connectivity index (χ2n) is 5.18. The first-order chi connectivity index (χ1) is 8.52. The molecule has 0 saturated heterocycles. The molecule has 0 unspecified atom stereocenters. The Morgan fingerprint density at radius 1 is 1.50 bits per heavy atom. The maximum absolute atomic E-state index is 9.79. The molecule has 2 aromatic rings. The molecule has 0 bridgehead atoms. The minimum atomic E-state index is -0.994. The van der Waals surface area contributed by atoms with Crippen molar-refractivity contribution in [1.82, 2.24) is 25.1 Å². The fourth-order valence-electron chi connectivity index (χ4n) is 1.63. The monoisotopic (exact) mass is 249 g/mol. The molecule has 1 fully saturated rings. The third-order valence-electron chi connectivity index (χ3n) is 2.89. The summed E-state index contributed by atoms with van der Waals surface area (Å²) in [6.45, 7) is 3.71. The van der Waals surface area contributed by atoms with Gasteiger partial charge in [-0.15, -0.1) is 5.10 Å².